The molecule has 27 heavy (non-hydrogen) atoms. The highest BCUT2D eigenvalue weighted by atomic mass is 35.5. The van der Waals surface area contributed by atoms with E-state index in [2.05, 4.69) is 10.4 Å². The van der Waals surface area contributed by atoms with Gasteiger partial charge in [0.25, 0.3) is 0 Å². The Morgan fingerprint density at radius 1 is 1.22 bits per heavy atom. The number of thioether (sulfide) groups is 1. The Morgan fingerprint density at radius 2 is 1.89 bits per heavy atom. The molecular formula is C18H17ClN4OS3. The van der Waals surface area contributed by atoms with E-state index < -0.39 is 0 Å². The third kappa shape index (κ3) is 5.32. The first kappa shape index (κ1) is 19.9. The van der Waals surface area contributed by atoms with Crippen molar-refractivity contribution in [2.24, 2.45) is 0 Å². The van der Waals surface area contributed by atoms with Crippen LogP contribution >= 0.6 is 46.9 Å². The lowest BCUT2D eigenvalue weighted by Gasteiger charge is -2.12. The molecule has 9 heteroatoms. The van der Waals surface area contributed by atoms with Gasteiger partial charge in [0.05, 0.1) is 11.4 Å². The predicted molar refractivity (Wildman–Crippen MR) is 117 cm³/mol. The van der Waals surface area contributed by atoms with Gasteiger partial charge in [-0.05, 0) is 60.7 Å². The summed E-state index contributed by atoms with van der Waals surface area (Å²) in [6.07, 6.45) is 0. The Bertz CT molecular complexity index is 981. The van der Waals surface area contributed by atoms with Crippen LogP contribution in [0.1, 0.15) is 0 Å². The average Bonchev–Trinajstić information content (AvgIpc) is 3.02. The van der Waals surface area contributed by atoms with Gasteiger partial charge < -0.3 is 10.2 Å². The number of carbonyl (C=O) groups is 1. The first-order valence-electron chi connectivity index (χ1n) is 7.98. The summed E-state index contributed by atoms with van der Waals surface area (Å²) in [4.78, 5) is 14.2. The molecule has 140 valence electrons. The van der Waals surface area contributed by atoms with Crippen LogP contribution in [0.4, 0.5) is 11.4 Å². The molecule has 0 radical (unpaired) electrons. The Labute approximate surface area is 176 Å². The summed E-state index contributed by atoms with van der Waals surface area (Å²) < 4.78 is 3.05. The zero-order valence-corrected chi connectivity index (χ0v) is 17.9. The Hall–Kier alpha value is -1.87. The Balaban J connectivity index is 1.60. The largest absolute Gasteiger partial charge is 0.378 e. The van der Waals surface area contributed by atoms with Crippen LogP contribution in [-0.2, 0) is 4.79 Å². The number of carbonyl (C=O) groups excluding carboxylic acids is 1. The van der Waals surface area contributed by atoms with Crippen LogP contribution in [0.3, 0.4) is 0 Å². The second kappa shape index (κ2) is 8.88. The van der Waals surface area contributed by atoms with E-state index in [1.165, 1.54) is 23.1 Å². The number of nitrogens with one attached hydrogen (secondary N) is 1. The molecule has 2 aromatic carbocycles. The molecule has 3 aromatic rings. The fourth-order valence-corrected chi connectivity index (χ4v) is 4.52. The van der Waals surface area contributed by atoms with Crippen molar-refractivity contribution in [3.8, 4) is 5.69 Å². The fourth-order valence-electron chi connectivity index (χ4n) is 2.23. The molecule has 0 saturated carbocycles. The number of anilines is 2. The Morgan fingerprint density at radius 3 is 2.52 bits per heavy atom. The van der Waals surface area contributed by atoms with Crippen molar-refractivity contribution in [3.05, 3.63) is 57.5 Å². The normalized spacial score (nSPS) is 10.6. The lowest BCUT2D eigenvalue weighted by atomic mass is 10.2. The molecule has 0 bridgehead atoms. The maximum absolute atomic E-state index is 12.2. The van der Waals surface area contributed by atoms with E-state index in [-0.39, 0.29) is 11.7 Å². The molecule has 1 heterocycles. The molecule has 0 aliphatic heterocycles. The molecule has 3 rings (SSSR count). The van der Waals surface area contributed by atoms with Crippen LogP contribution in [0.2, 0.25) is 5.02 Å². The van der Waals surface area contributed by atoms with Crippen molar-refractivity contribution in [1.29, 1.82) is 0 Å². The fraction of sp³-hybridized carbons (Fsp3) is 0.167. The van der Waals surface area contributed by atoms with E-state index in [1.807, 2.05) is 55.4 Å². The first-order valence-corrected chi connectivity index (χ1v) is 10.6. The minimum Gasteiger partial charge on any atom is -0.378 e. The first-order chi connectivity index (χ1) is 12.9. The Kier molecular flexibility index (Phi) is 6.54. The van der Waals surface area contributed by atoms with Gasteiger partial charge in [-0.25, -0.2) is 4.68 Å². The van der Waals surface area contributed by atoms with Gasteiger partial charge in [0.2, 0.25) is 5.91 Å². The van der Waals surface area contributed by atoms with Crippen LogP contribution in [0.15, 0.2) is 52.9 Å². The molecule has 0 aliphatic rings. The summed E-state index contributed by atoms with van der Waals surface area (Å²) >= 11 is 14.0. The van der Waals surface area contributed by atoms with E-state index >= 15 is 0 Å². The zero-order chi connectivity index (χ0) is 19.4. The van der Waals surface area contributed by atoms with Gasteiger partial charge in [-0.15, -0.1) is 5.10 Å². The van der Waals surface area contributed by atoms with Gasteiger partial charge in [-0.3, -0.25) is 4.79 Å². The number of hydrogen-bond acceptors (Lipinski definition) is 6. The van der Waals surface area contributed by atoms with Crippen LogP contribution in [0.5, 0.6) is 0 Å². The lowest BCUT2D eigenvalue weighted by Crippen LogP contribution is -2.14. The monoisotopic (exact) mass is 436 g/mol. The molecule has 0 saturated heterocycles. The number of hydrogen-bond donors (Lipinski definition) is 1. The van der Waals surface area contributed by atoms with Crippen LogP contribution in [-0.4, -0.2) is 35.5 Å². The number of rotatable bonds is 6. The van der Waals surface area contributed by atoms with E-state index in [4.69, 9.17) is 23.8 Å². The minimum atomic E-state index is -0.0863. The quantitative estimate of drug-likeness (QED) is 0.429. The summed E-state index contributed by atoms with van der Waals surface area (Å²) in [6.45, 7) is 0. The SMILES string of the molecule is CN(C)c1ccc(NC(=O)CSc2nn(-c3ccc(Cl)cc3)c(=S)s2)cc1. The van der Waals surface area contributed by atoms with Crippen molar-refractivity contribution in [2.45, 2.75) is 4.34 Å². The van der Waals surface area contributed by atoms with E-state index in [1.54, 1.807) is 16.8 Å². The molecule has 1 aromatic heterocycles. The summed E-state index contributed by atoms with van der Waals surface area (Å²) in [7, 11) is 3.95. The number of benzene rings is 2. The maximum atomic E-state index is 12.2. The van der Waals surface area contributed by atoms with Gasteiger partial charge in [0.1, 0.15) is 0 Å². The summed E-state index contributed by atoms with van der Waals surface area (Å²) in [5, 5.41) is 8.03. The highest BCUT2D eigenvalue weighted by molar-refractivity contribution is 8.01. The third-order valence-electron chi connectivity index (χ3n) is 3.59. The molecule has 1 amide bonds. The molecule has 0 aliphatic carbocycles. The highest BCUT2D eigenvalue weighted by Gasteiger charge is 2.10. The molecule has 0 spiro atoms. The van der Waals surface area contributed by atoms with Crippen molar-refractivity contribution in [1.82, 2.24) is 9.78 Å². The molecule has 1 N–H and O–H groups in total. The number of halogens is 1. The topological polar surface area (TPSA) is 50.2 Å². The van der Waals surface area contributed by atoms with Gasteiger partial charge in [-0.1, -0.05) is 34.7 Å². The summed E-state index contributed by atoms with van der Waals surface area (Å²) in [5.74, 6) is 0.176. The van der Waals surface area contributed by atoms with Crippen molar-refractivity contribution in [2.75, 3.05) is 30.1 Å². The summed E-state index contributed by atoms with van der Waals surface area (Å²) in [6, 6.07) is 15.0. The smallest absolute Gasteiger partial charge is 0.234 e. The van der Waals surface area contributed by atoms with Crippen molar-refractivity contribution < 1.29 is 4.79 Å². The van der Waals surface area contributed by atoms with Crippen molar-refractivity contribution in [3.63, 3.8) is 0 Å². The summed E-state index contributed by atoms with van der Waals surface area (Å²) in [5.41, 5.74) is 2.69. The van der Waals surface area contributed by atoms with Gasteiger partial charge in [-0.2, -0.15) is 0 Å². The highest BCUT2D eigenvalue weighted by Crippen LogP contribution is 2.25. The molecule has 0 atom stereocenters. The van der Waals surface area contributed by atoms with E-state index in [0.717, 1.165) is 21.4 Å². The van der Waals surface area contributed by atoms with Crippen LogP contribution in [0.25, 0.3) is 5.69 Å². The average molecular weight is 437 g/mol. The standard InChI is InChI=1S/C18H17ClN4OS3/c1-22(2)14-9-5-13(6-10-14)20-16(24)11-26-17-21-23(18(25)27-17)15-7-3-12(19)4-8-15/h3-10H,11H2,1-2H3,(H,20,24). The third-order valence-corrected chi connectivity index (χ3v) is 6.21. The lowest BCUT2D eigenvalue weighted by molar-refractivity contribution is -0.113. The number of amides is 1. The molecule has 5 nitrogen and oxygen atoms in total. The van der Waals surface area contributed by atoms with E-state index in [9.17, 15) is 4.79 Å². The van der Waals surface area contributed by atoms with Crippen molar-refractivity contribution >= 4 is 64.2 Å². The number of nitrogens with zero attached hydrogens (tertiary/aromatic N) is 3. The van der Waals surface area contributed by atoms with Crippen LogP contribution in [0, 0.1) is 3.95 Å². The minimum absolute atomic E-state index is 0.0863. The molecule has 0 unspecified atom stereocenters. The van der Waals surface area contributed by atoms with Crippen LogP contribution < -0.4 is 10.2 Å². The predicted octanol–water partition coefficient (Wildman–Crippen LogP) is 5.11. The van der Waals surface area contributed by atoms with Gasteiger partial charge in [0.15, 0.2) is 8.29 Å². The van der Waals surface area contributed by atoms with Gasteiger partial charge >= 0.3 is 0 Å². The number of aromatic nitrogens is 2. The molecular weight excluding hydrogens is 420 g/mol. The molecule has 0 fully saturated rings. The second-order valence-corrected chi connectivity index (χ2v) is 9.08. The van der Waals surface area contributed by atoms with E-state index in [0.29, 0.717) is 8.98 Å². The maximum Gasteiger partial charge on any atom is 0.234 e. The van der Waals surface area contributed by atoms with Gasteiger partial charge in [0, 0.05) is 30.5 Å². The zero-order valence-electron chi connectivity index (χ0n) is 14.7. The second-order valence-electron chi connectivity index (χ2n) is 5.80.